The molecule has 0 fully saturated rings. The van der Waals surface area contributed by atoms with E-state index in [0.29, 0.717) is 0 Å². The molecule has 25 heavy (non-hydrogen) atoms. The first kappa shape index (κ1) is 18.9. The topological polar surface area (TPSA) is 64.6 Å². The summed E-state index contributed by atoms with van der Waals surface area (Å²) in [6.07, 6.45) is 0. The Bertz CT molecular complexity index is 781. The van der Waals surface area contributed by atoms with Gasteiger partial charge in [-0.05, 0) is 36.8 Å². The molecule has 0 aliphatic rings. The summed E-state index contributed by atoms with van der Waals surface area (Å²) in [6, 6.07) is 10.9. The van der Waals surface area contributed by atoms with Crippen molar-refractivity contribution in [2.45, 2.75) is 13.0 Å². The Labute approximate surface area is 153 Å². The van der Waals surface area contributed by atoms with Crippen LogP contribution in [0.3, 0.4) is 0 Å². The summed E-state index contributed by atoms with van der Waals surface area (Å²) in [5, 5.41) is 2.73. The predicted molar refractivity (Wildman–Crippen MR) is 93.9 cm³/mol. The quantitative estimate of drug-likeness (QED) is 0.739. The van der Waals surface area contributed by atoms with Crippen molar-refractivity contribution in [1.29, 1.82) is 0 Å². The zero-order valence-electron chi connectivity index (χ0n) is 13.7. The molecular weight excluding hydrogens is 393 g/mol. The molecule has 2 aromatic rings. The van der Waals surface area contributed by atoms with Crippen LogP contribution in [0.25, 0.3) is 0 Å². The number of hydrogen-bond donors (Lipinski definition) is 1. The molecule has 0 aliphatic carbocycles. The number of esters is 1. The number of benzene rings is 2. The summed E-state index contributed by atoms with van der Waals surface area (Å²) < 4.78 is 24.2. The zero-order chi connectivity index (χ0) is 18.4. The fourth-order valence-electron chi connectivity index (χ4n) is 2.19. The highest BCUT2D eigenvalue weighted by atomic mass is 79.9. The van der Waals surface area contributed by atoms with Crippen molar-refractivity contribution in [3.05, 3.63) is 63.9 Å². The van der Waals surface area contributed by atoms with E-state index in [9.17, 15) is 14.0 Å². The monoisotopic (exact) mass is 409 g/mol. The van der Waals surface area contributed by atoms with Gasteiger partial charge in [0.15, 0.2) is 18.2 Å². The number of amides is 1. The lowest BCUT2D eigenvalue weighted by atomic mass is 10.1. The molecule has 0 saturated carbocycles. The Kier molecular flexibility index (Phi) is 6.52. The number of nitrogens with one attached hydrogen (secondary N) is 1. The SMILES string of the molecule is COc1ccc(C(=O)OCC(=O)N[C@H](C)c2ccccc2Br)cc1F. The molecule has 0 heterocycles. The van der Waals surface area contributed by atoms with Gasteiger partial charge in [-0.1, -0.05) is 34.1 Å². The van der Waals surface area contributed by atoms with E-state index < -0.39 is 24.3 Å². The van der Waals surface area contributed by atoms with Crippen molar-refractivity contribution in [2.24, 2.45) is 0 Å². The first-order chi connectivity index (χ1) is 11.9. The Morgan fingerprint density at radius 3 is 2.60 bits per heavy atom. The Balaban J connectivity index is 1.90. The summed E-state index contributed by atoms with van der Waals surface area (Å²) >= 11 is 3.42. The van der Waals surface area contributed by atoms with Gasteiger partial charge in [0.1, 0.15) is 0 Å². The van der Waals surface area contributed by atoms with Gasteiger partial charge in [0.2, 0.25) is 0 Å². The van der Waals surface area contributed by atoms with Crippen molar-refractivity contribution >= 4 is 27.8 Å². The largest absolute Gasteiger partial charge is 0.494 e. The summed E-state index contributed by atoms with van der Waals surface area (Å²) in [6.45, 7) is 1.36. The number of carbonyl (C=O) groups excluding carboxylic acids is 2. The van der Waals surface area contributed by atoms with Gasteiger partial charge in [-0.3, -0.25) is 4.79 Å². The highest BCUT2D eigenvalue weighted by Crippen LogP contribution is 2.22. The van der Waals surface area contributed by atoms with E-state index in [1.165, 1.54) is 19.2 Å². The van der Waals surface area contributed by atoms with Crippen LogP contribution in [-0.2, 0) is 9.53 Å². The van der Waals surface area contributed by atoms with Gasteiger partial charge in [0.05, 0.1) is 18.7 Å². The minimum Gasteiger partial charge on any atom is -0.494 e. The Hall–Kier alpha value is -2.41. The molecule has 2 aromatic carbocycles. The lowest BCUT2D eigenvalue weighted by Crippen LogP contribution is -2.31. The maximum absolute atomic E-state index is 13.6. The van der Waals surface area contributed by atoms with E-state index >= 15 is 0 Å². The first-order valence-corrected chi connectivity index (χ1v) is 8.26. The number of rotatable bonds is 6. The van der Waals surface area contributed by atoms with E-state index in [1.807, 2.05) is 31.2 Å². The van der Waals surface area contributed by atoms with Crippen molar-refractivity contribution in [3.63, 3.8) is 0 Å². The van der Waals surface area contributed by atoms with Crippen molar-refractivity contribution in [1.82, 2.24) is 5.32 Å². The minimum absolute atomic E-state index is 0.00459. The second-order valence-electron chi connectivity index (χ2n) is 5.24. The first-order valence-electron chi connectivity index (χ1n) is 7.47. The summed E-state index contributed by atoms with van der Waals surface area (Å²) in [4.78, 5) is 23.8. The van der Waals surface area contributed by atoms with E-state index in [-0.39, 0.29) is 17.4 Å². The molecule has 132 valence electrons. The maximum atomic E-state index is 13.6. The number of halogens is 2. The van der Waals surface area contributed by atoms with Gasteiger partial charge >= 0.3 is 5.97 Å². The molecule has 0 bridgehead atoms. The van der Waals surface area contributed by atoms with Crippen LogP contribution in [-0.4, -0.2) is 25.6 Å². The number of carbonyl (C=O) groups is 2. The third kappa shape index (κ3) is 5.03. The molecule has 7 heteroatoms. The molecule has 0 radical (unpaired) electrons. The van der Waals surface area contributed by atoms with E-state index in [0.717, 1.165) is 16.1 Å². The fourth-order valence-corrected chi connectivity index (χ4v) is 2.82. The van der Waals surface area contributed by atoms with Crippen LogP contribution in [0.1, 0.15) is 28.9 Å². The van der Waals surface area contributed by atoms with Gasteiger partial charge in [-0.25, -0.2) is 9.18 Å². The molecule has 1 N–H and O–H groups in total. The second kappa shape index (κ2) is 8.62. The third-order valence-electron chi connectivity index (χ3n) is 3.47. The molecule has 5 nitrogen and oxygen atoms in total. The van der Waals surface area contributed by atoms with Crippen LogP contribution in [0.15, 0.2) is 46.9 Å². The van der Waals surface area contributed by atoms with Crippen LogP contribution >= 0.6 is 15.9 Å². The molecule has 0 spiro atoms. The van der Waals surface area contributed by atoms with Crippen LogP contribution in [0.4, 0.5) is 4.39 Å². The number of methoxy groups -OCH3 is 1. The van der Waals surface area contributed by atoms with Gasteiger partial charge < -0.3 is 14.8 Å². The Morgan fingerprint density at radius 2 is 1.96 bits per heavy atom. The van der Waals surface area contributed by atoms with Crippen LogP contribution in [0, 0.1) is 5.82 Å². The van der Waals surface area contributed by atoms with Gasteiger partial charge in [-0.2, -0.15) is 0 Å². The summed E-state index contributed by atoms with van der Waals surface area (Å²) in [5.74, 6) is -1.89. The average Bonchev–Trinajstić information content (AvgIpc) is 2.59. The lowest BCUT2D eigenvalue weighted by molar-refractivity contribution is -0.124. The summed E-state index contributed by atoms with van der Waals surface area (Å²) in [5.41, 5.74) is 0.907. The van der Waals surface area contributed by atoms with Crippen LogP contribution in [0.5, 0.6) is 5.75 Å². The van der Waals surface area contributed by atoms with E-state index in [2.05, 4.69) is 21.2 Å². The number of ether oxygens (including phenoxy) is 2. The van der Waals surface area contributed by atoms with Crippen molar-refractivity contribution < 1.29 is 23.5 Å². The number of hydrogen-bond acceptors (Lipinski definition) is 4. The lowest BCUT2D eigenvalue weighted by Gasteiger charge is -2.16. The summed E-state index contributed by atoms with van der Waals surface area (Å²) in [7, 11) is 1.33. The van der Waals surface area contributed by atoms with Gasteiger partial charge in [0.25, 0.3) is 5.91 Å². The van der Waals surface area contributed by atoms with Crippen molar-refractivity contribution in [2.75, 3.05) is 13.7 Å². The molecule has 1 atom stereocenters. The van der Waals surface area contributed by atoms with Crippen LogP contribution < -0.4 is 10.1 Å². The predicted octanol–water partition coefficient (Wildman–Crippen LogP) is 3.63. The molecular formula is C18H17BrFNO4. The second-order valence-corrected chi connectivity index (χ2v) is 6.09. The fraction of sp³-hybridized carbons (Fsp3) is 0.222. The smallest absolute Gasteiger partial charge is 0.338 e. The van der Waals surface area contributed by atoms with E-state index in [1.54, 1.807) is 0 Å². The van der Waals surface area contributed by atoms with Crippen molar-refractivity contribution in [3.8, 4) is 5.75 Å². The van der Waals surface area contributed by atoms with Gasteiger partial charge in [0, 0.05) is 4.47 Å². The zero-order valence-corrected chi connectivity index (χ0v) is 15.3. The maximum Gasteiger partial charge on any atom is 0.338 e. The molecule has 1 amide bonds. The van der Waals surface area contributed by atoms with Crippen LogP contribution in [0.2, 0.25) is 0 Å². The third-order valence-corrected chi connectivity index (χ3v) is 4.19. The molecule has 0 saturated heterocycles. The minimum atomic E-state index is -0.787. The van der Waals surface area contributed by atoms with Gasteiger partial charge in [-0.15, -0.1) is 0 Å². The highest BCUT2D eigenvalue weighted by Gasteiger charge is 2.15. The molecule has 0 aliphatic heterocycles. The average molecular weight is 410 g/mol. The molecule has 0 aromatic heterocycles. The normalized spacial score (nSPS) is 11.5. The highest BCUT2D eigenvalue weighted by molar-refractivity contribution is 9.10. The molecule has 0 unspecified atom stereocenters. The molecule has 2 rings (SSSR count). The standard InChI is InChI=1S/C18H17BrFNO4/c1-11(13-5-3-4-6-14(13)19)21-17(22)10-25-18(23)12-7-8-16(24-2)15(20)9-12/h3-9,11H,10H2,1-2H3,(H,21,22)/t11-/m1/s1. The van der Waals surface area contributed by atoms with E-state index in [4.69, 9.17) is 9.47 Å². The Morgan fingerprint density at radius 1 is 1.24 bits per heavy atom.